The summed E-state index contributed by atoms with van der Waals surface area (Å²) in [6.07, 6.45) is 0. The number of carbonyl (C=O) groups excluding carboxylic acids is 1. The van der Waals surface area contributed by atoms with Gasteiger partial charge in [0.1, 0.15) is 18.1 Å². The summed E-state index contributed by atoms with van der Waals surface area (Å²) in [6.45, 7) is 9.21. The molecule has 0 fully saturated rings. The molecule has 0 heterocycles. The van der Waals surface area contributed by atoms with Gasteiger partial charge < -0.3 is 19.5 Å². The number of ether oxygens (including phenoxy) is 3. The maximum Gasteiger partial charge on any atom is 0.251 e. The first-order chi connectivity index (χ1) is 13.2. The molecule has 5 nitrogen and oxygen atoms in total. The number of benzene rings is 2. The van der Waals surface area contributed by atoms with Crippen molar-refractivity contribution in [3.05, 3.63) is 59.2 Å². The average molecular weight is 386 g/mol. The first-order valence-corrected chi connectivity index (χ1v) is 9.44. The topological polar surface area (TPSA) is 56.8 Å². The monoisotopic (exact) mass is 385 g/mol. The van der Waals surface area contributed by atoms with Crippen molar-refractivity contribution in [3.8, 4) is 11.5 Å². The molecule has 0 aliphatic rings. The van der Waals surface area contributed by atoms with Gasteiger partial charge in [-0.25, -0.2) is 0 Å². The van der Waals surface area contributed by atoms with E-state index in [1.807, 2.05) is 19.1 Å². The fourth-order valence-corrected chi connectivity index (χ4v) is 2.84. The highest BCUT2D eigenvalue weighted by Gasteiger charge is 2.15. The quantitative estimate of drug-likeness (QED) is 0.735. The van der Waals surface area contributed by atoms with E-state index in [2.05, 4.69) is 38.2 Å². The third kappa shape index (κ3) is 5.99. The summed E-state index contributed by atoms with van der Waals surface area (Å²) in [5.74, 6) is 1.31. The Labute approximate surface area is 168 Å². The molecule has 0 spiro atoms. The number of hydrogen-bond acceptors (Lipinski definition) is 4. The zero-order valence-electron chi connectivity index (χ0n) is 17.7. The van der Waals surface area contributed by atoms with Gasteiger partial charge in [-0.05, 0) is 48.2 Å². The summed E-state index contributed by atoms with van der Waals surface area (Å²) >= 11 is 0. The molecule has 0 aliphatic heterocycles. The van der Waals surface area contributed by atoms with Gasteiger partial charge in [0.2, 0.25) is 0 Å². The minimum absolute atomic E-state index is 0.0689. The molecule has 152 valence electrons. The maximum absolute atomic E-state index is 12.4. The van der Waals surface area contributed by atoms with Gasteiger partial charge in [0.05, 0.1) is 13.7 Å². The second-order valence-electron chi connectivity index (χ2n) is 7.92. The second kappa shape index (κ2) is 9.60. The van der Waals surface area contributed by atoms with Crippen LogP contribution in [0, 0.1) is 0 Å². The van der Waals surface area contributed by atoms with Crippen molar-refractivity contribution < 1.29 is 19.0 Å². The number of carbonyl (C=O) groups is 1. The van der Waals surface area contributed by atoms with Crippen molar-refractivity contribution in [2.24, 2.45) is 0 Å². The van der Waals surface area contributed by atoms with E-state index in [1.165, 1.54) is 5.56 Å². The fraction of sp³-hybridized carbons (Fsp3) is 0.435. The highest BCUT2D eigenvalue weighted by atomic mass is 16.5. The lowest BCUT2D eigenvalue weighted by Gasteiger charge is -2.19. The molecule has 2 aromatic carbocycles. The van der Waals surface area contributed by atoms with Crippen LogP contribution in [0.4, 0.5) is 0 Å². The molecular weight excluding hydrogens is 354 g/mol. The lowest BCUT2D eigenvalue weighted by atomic mass is 9.87. The van der Waals surface area contributed by atoms with Gasteiger partial charge in [-0.3, -0.25) is 4.79 Å². The van der Waals surface area contributed by atoms with Gasteiger partial charge in [0.15, 0.2) is 0 Å². The van der Waals surface area contributed by atoms with Crippen molar-refractivity contribution in [2.45, 2.75) is 45.8 Å². The highest BCUT2D eigenvalue weighted by molar-refractivity contribution is 5.94. The minimum Gasteiger partial charge on any atom is -0.496 e. The summed E-state index contributed by atoms with van der Waals surface area (Å²) in [7, 11) is 3.22. The van der Waals surface area contributed by atoms with Gasteiger partial charge in [0, 0.05) is 24.3 Å². The van der Waals surface area contributed by atoms with Gasteiger partial charge in [-0.15, -0.1) is 0 Å². The van der Waals surface area contributed by atoms with Crippen LogP contribution in [0.5, 0.6) is 11.5 Å². The lowest BCUT2D eigenvalue weighted by Crippen LogP contribution is -2.35. The van der Waals surface area contributed by atoms with Gasteiger partial charge in [-0.1, -0.05) is 32.9 Å². The Hall–Kier alpha value is -2.53. The van der Waals surface area contributed by atoms with Crippen LogP contribution in [0.15, 0.2) is 42.5 Å². The predicted octanol–water partition coefficient (Wildman–Crippen LogP) is 4.34. The molecule has 0 aromatic heterocycles. The van der Waals surface area contributed by atoms with Gasteiger partial charge in [-0.2, -0.15) is 0 Å². The Balaban J connectivity index is 2.10. The smallest absolute Gasteiger partial charge is 0.251 e. The van der Waals surface area contributed by atoms with Gasteiger partial charge in [0.25, 0.3) is 5.91 Å². The third-order valence-corrected chi connectivity index (χ3v) is 4.45. The molecular formula is C23H31NO4. The summed E-state index contributed by atoms with van der Waals surface area (Å²) in [5.41, 5.74) is 2.73. The first kappa shape index (κ1) is 21.8. The summed E-state index contributed by atoms with van der Waals surface area (Å²) in [4.78, 5) is 12.4. The van der Waals surface area contributed by atoms with Crippen molar-refractivity contribution >= 4 is 5.91 Å². The van der Waals surface area contributed by atoms with Crippen LogP contribution in [0.2, 0.25) is 0 Å². The van der Waals surface area contributed by atoms with Crippen LogP contribution in [-0.4, -0.2) is 32.8 Å². The summed E-state index contributed by atoms with van der Waals surface area (Å²) in [5, 5.41) is 2.91. The molecule has 0 saturated heterocycles. The molecule has 0 radical (unpaired) electrons. The zero-order valence-corrected chi connectivity index (χ0v) is 17.7. The number of rotatable bonds is 8. The normalized spacial score (nSPS) is 12.4. The van der Waals surface area contributed by atoms with Crippen molar-refractivity contribution in [1.29, 1.82) is 0 Å². The average Bonchev–Trinajstić information content (AvgIpc) is 2.65. The maximum atomic E-state index is 12.4. The zero-order chi connectivity index (χ0) is 20.7. The molecule has 2 rings (SSSR count). The van der Waals surface area contributed by atoms with Crippen LogP contribution >= 0.6 is 0 Å². The Morgan fingerprint density at radius 3 is 2.32 bits per heavy atom. The van der Waals surface area contributed by atoms with E-state index in [1.54, 1.807) is 32.4 Å². The standard InChI is InChI=1S/C23H31NO4/c1-16(14-26-5)24-22(25)17-7-12-21(27-6)18(13-17)15-28-20-10-8-19(9-11-20)23(2,3)4/h7-13,16H,14-15H2,1-6H3,(H,24,25)/t16-/m1/s1. The van der Waals surface area contributed by atoms with E-state index in [0.717, 1.165) is 11.3 Å². The summed E-state index contributed by atoms with van der Waals surface area (Å²) < 4.78 is 16.4. The SMILES string of the molecule is COC[C@@H](C)NC(=O)c1ccc(OC)c(COc2ccc(C(C)(C)C)cc2)c1. The van der Waals surface area contributed by atoms with Crippen molar-refractivity contribution in [2.75, 3.05) is 20.8 Å². The number of methoxy groups -OCH3 is 2. The Morgan fingerprint density at radius 2 is 1.75 bits per heavy atom. The van der Waals surface area contributed by atoms with E-state index < -0.39 is 0 Å². The molecule has 2 aromatic rings. The fourth-order valence-electron chi connectivity index (χ4n) is 2.84. The molecule has 5 heteroatoms. The Morgan fingerprint density at radius 1 is 1.07 bits per heavy atom. The Bertz CT molecular complexity index is 778. The van der Waals surface area contributed by atoms with Crippen molar-refractivity contribution in [3.63, 3.8) is 0 Å². The predicted molar refractivity (Wildman–Crippen MR) is 111 cm³/mol. The third-order valence-electron chi connectivity index (χ3n) is 4.45. The molecule has 0 aliphatic carbocycles. The summed E-state index contributed by atoms with van der Waals surface area (Å²) in [6, 6.07) is 13.4. The molecule has 28 heavy (non-hydrogen) atoms. The largest absolute Gasteiger partial charge is 0.496 e. The van der Waals surface area contributed by atoms with Gasteiger partial charge >= 0.3 is 0 Å². The molecule has 0 bridgehead atoms. The van der Waals surface area contributed by atoms with Crippen LogP contribution in [0.25, 0.3) is 0 Å². The molecule has 1 atom stereocenters. The van der Waals surface area contributed by atoms with E-state index in [9.17, 15) is 4.79 Å². The number of nitrogens with one attached hydrogen (secondary N) is 1. The molecule has 0 saturated carbocycles. The van der Waals surface area contributed by atoms with Crippen LogP contribution in [0.1, 0.15) is 49.2 Å². The van der Waals surface area contributed by atoms with E-state index in [4.69, 9.17) is 14.2 Å². The van der Waals surface area contributed by atoms with Crippen molar-refractivity contribution in [1.82, 2.24) is 5.32 Å². The highest BCUT2D eigenvalue weighted by Crippen LogP contribution is 2.26. The number of amides is 1. The number of hydrogen-bond donors (Lipinski definition) is 1. The molecule has 1 N–H and O–H groups in total. The Kier molecular flexibility index (Phi) is 7.46. The van der Waals surface area contributed by atoms with E-state index in [0.29, 0.717) is 24.5 Å². The molecule has 0 unspecified atom stereocenters. The van der Waals surface area contributed by atoms with Crippen LogP contribution < -0.4 is 14.8 Å². The second-order valence-corrected chi connectivity index (χ2v) is 7.92. The lowest BCUT2D eigenvalue weighted by molar-refractivity contribution is 0.0905. The van der Waals surface area contributed by atoms with Crippen LogP contribution in [-0.2, 0) is 16.8 Å². The molecule has 1 amide bonds. The minimum atomic E-state index is -0.150. The van der Waals surface area contributed by atoms with Crippen LogP contribution in [0.3, 0.4) is 0 Å². The first-order valence-electron chi connectivity index (χ1n) is 9.44. The van der Waals surface area contributed by atoms with E-state index >= 15 is 0 Å². The van der Waals surface area contributed by atoms with E-state index in [-0.39, 0.29) is 17.4 Å².